The van der Waals surface area contributed by atoms with Crippen LogP contribution in [0.3, 0.4) is 0 Å². The summed E-state index contributed by atoms with van der Waals surface area (Å²) in [6, 6.07) is 8.35. The Bertz CT molecular complexity index is 621. The van der Waals surface area contributed by atoms with E-state index in [0.717, 1.165) is 18.0 Å². The lowest BCUT2D eigenvalue weighted by molar-refractivity contribution is 0.254. The maximum Gasteiger partial charge on any atom is 0.225 e. The van der Waals surface area contributed by atoms with Gasteiger partial charge in [-0.05, 0) is 30.5 Å². The van der Waals surface area contributed by atoms with Gasteiger partial charge in [0.15, 0.2) is 0 Å². The molecule has 0 radical (unpaired) electrons. The van der Waals surface area contributed by atoms with E-state index in [0.29, 0.717) is 17.8 Å². The molecule has 98 valence electrons. The van der Waals surface area contributed by atoms with Crippen LogP contribution in [0.25, 0.3) is 0 Å². The molecular formula is C14H14ClN3O. The highest BCUT2D eigenvalue weighted by Gasteiger charge is 2.34. The Balaban J connectivity index is 1.83. The van der Waals surface area contributed by atoms with E-state index in [4.69, 9.17) is 16.3 Å². The zero-order valence-corrected chi connectivity index (χ0v) is 11.2. The SMILES string of the molecule is Clc1nnc(C2CC2)n1C1CCOc2ccccc21. The number of hydrogen-bond acceptors (Lipinski definition) is 3. The Morgan fingerprint density at radius 2 is 2.00 bits per heavy atom. The third-order valence-corrected chi connectivity index (χ3v) is 4.12. The van der Waals surface area contributed by atoms with Crippen molar-refractivity contribution in [2.75, 3.05) is 6.61 Å². The smallest absolute Gasteiger partial charge is 0.225 e. The Morgan fingerprint density at radius 1 is 1.16 bits per heavy atom. The van der Waals surface area contributed by atoms with E-state index >= 15 is 0 Å². The largest absolute Gasteiger partial charge is 0.493 e. The Hall–Kier alpha value is -1.55. The Kier molecular flexibility index (Phi) is 2.52. The highest BCUT2D eigenvalue weighted by molar-refractivity contribution is 6.28. The van der Waals surface area contributed by atoms with E-state index in [2.05, 4.69) is 20.8 Å². The van der Waals surface area contributed by atoms with Crippen LogP contribution in [0.5, 0.6) is 5.75 Å². The van der Waals surface area contributed by atoms with E-state index in [9.17, 15) is 0 Å². The Labute approximate surface area is 116 Å². The van der Waals surface area contributed by atoms with Gasteiger partial charge in [-0.2, -0.15) is 0 Å². The lowest BCUT2D eigenvalue weighted by Crippen LogP contribution is -2.21. The summed E-state index contributed by atoms with van der Waals surface area (Å²) in [6.07, 6.45) is 3.30. The lowest BCUT2D eigenvalue weighted by Gasteiger charge is -2.28. The lowest BCUT2D eigenvalue weighted by atomic mass is 10.00. The zero-order valence-electron chi connectivity index (χ0n) is 10.4. The van der Waals surface area contributed by atoms with Gasteiger partial charge in [0.2, 0.25) is 5.28 Å². The van der Waals surface area contributed by atoms with Gasteiger partial charge in [-0.25, -0.2) is 0 Å². The third kappa shape index (κ3) is 1.82. The molecule has 1 aromatic heterocycles. The van der Waals surface area contributed by atoms with Crippen molar-refractivity contribution in [1.29, 1.82) is 0 Å². The molecule has 0 saturated heterocycles. The molecule has 1 saturated carbocycles. The molecule has 0 amide bonds. The summed E-state index contributed by atoms with van der Waals surface area (Å²) in [5.74, 6) is 2.52. The summed E-state index contributed by atoms with van der Waals surface area (Å²) in [7, 11) is 0. The summed E-state index contributed by atoms with van der Waals surface area (Å²) in [5, 5.41) is 8.82. The van der Waals surface area contributed by atoms with Crippen molar-refractivity contribution in [1.82, 2.24) is 14.8 Å². The van der Waals surface area contributed by atoms with Gasteiger partial charge in [0.05, 0.1) is 12.6 Å². The van der Waals surface area contributed by atoms with E-state index < -0.39 is 0 Å². The van der Waals surface area contributed by atoms with Crippen LogP contribution >= 0.6 is 11.6 Å². The summed E-state index contributed by atoms with van der Waals surface area (Å²) in [5.41, 5.74) is 1.18. The molecule has 0 N–H and O–H groups in total. The highest BCUT2D eigenvalue weighted by atomic mass is 35.5. The second-order valence-corrected chi connectivity index (χ2v) is 5.50. The normalized spacial score (nSPS) is 21.8. The molecule has 2 aliphatic rings. The first kappa shape index (κ1) is 11.3. The van der Waals surface area contributed by atoms with Crippen molar-refractivity contribution in [3.05, 3.63) is 40.9 Å². The van der Waals surface area contributed by atoms with E-state index in [1.807, 2.05) is 18.2 Å². The first-order valence-corrected chi connectivity index (χ1v) is 7.04. The summed E-state index contributed by atoms with van der Waals surface area (Å²) >= 11 is 6.27. The van der Waals surface area contributed by atoms with Crippen LogP contribution in [0.1, 0.15) is 42.6 Å². The molecule has 2 aromatic rings. The van der Waals surface area contributed by atoms with Crippen LogP contribution < -0.4 is 4.74 Å². The van der Waals surface area contributed by atoms with Crippen LogP contribution in [-0.4, -0.2) is 21.4 Å². The average Bonchev–Trinajstić information content (AvgIpc) is 3.22. The number of hydrogen-bond donors (Lipinski definition) is 0. The monoisotopic (exact) mass is 275 g/mol. The molecule has 4 rings (SSSR count). The van der Waals surface area contributed by atoms with Crippen LogP contribution in [-0.2, 0) is 0 Å². The molecule has 1 atom stereocenters. The number of nitrogens with zero attached hydrogens (tertiary/aromatic N) is 3. The zero-order chi connectivity index (χ0) is 12.8. The van der Waals surface area contributed by atoms with Gasteiger partial charge in [0.25, 0.3) is 0 Å². The summed E-state index contributed by atoms with van der Waals surface area (Å²) in [4.78, 5) is 0. The highest BCUT2D eigenvalue weighted by Crippen LogP contribution is 2.43. The van der Waals surface area contributed by atoms with Crippen LogP contribution in [0.15, 0.2) is 24.3 Å². The van der Waals surface area contributed by atoms with Gasteiger partial charge in [0, 0.05) is 17.9 Å². The van der Waals surface area contributed by atoms with E-state index in [1.165, 1.54) is 18.4 Å². The molecule has 2 heterocycles. The summed E-state index contributed by atoms with van der Waals surface area (Å²) in [6.45, 7) is 0.709. The van der Waals surface area contributed by atoms with Crippen LogP contribution in [0.2, 0.25) is 5.28 Å². The van der Waals surface area contributed by atoms with Crippen molar-refractivity contribution in [2.45, 2.75) is 31.2 Å². The van der Waals surface area contributed by atoms with Crippen molar-refractivity contribution < 1.29 is 4.74 Å². The number of ether oxygens (including phenoxy) is 1. The van der Waals surface area contributed by atoms with Crippen molar-refractivity contribution in [2.24, 2.45) is 0 Å². The second kappa shape index (κ2) is 4.23. The fourth-order valence-electron chi connectivity index (χ4n) is 2.78. The molecular weight excluding hydrogens is 262 g/mol. The minimum atomic E-state index is 0.197. The molecule has 1 unspecified atom stereocenters. The Morgan fingerprint density at radius 3 is 2.84 bits per heavy atom. The topological polar surface area (TPSA) is 39.9 Å². The standard InChI is InChI=1S/C14H14ClN3O/c15-14-17-16-13(9-5-6-9)18(14)11-7-8-19-12-4-2-1-3-10(11)12/h1-4,9,11H,5-8H2. The van der Waals surface area contributed by atoms with Crippen LogP contribution in [0, 0.1) is 0 Å². The average molecular weight is 276 g/mol. The number of fused-ring (bicyclic) bond motifs is 1. The second-order valence-electron chi connectivity index (χ2n) is 5.16. The van der Waals surface area contributed by atoms with Crippen molar-refractivity contribution >= 4 is 11.6 Å². The van der Waals surface area contributed by atoms with Gasteiger partial charge < -0.3 is 4.74 Å². The minimum absolute atomic E-state index is 0.197. The third-order valence-electron chi connectivity index (χ3n) is 3.86. The van der Waals surface area contributed by atoms with Gasteiger partial charge in [-0.1, -0.05) is 18.2 Å². The molecule has 1 aliphatic carbocycles. The number of benzene rings is 1. The quantitative estimate of drug-likeness (QED) is 0.845. The van der Waals surface area contributed by atoms with E-state index in [1.54, 1.807) is 0 Å². The molecule has 19 heavy (non-hydrogen) atoms. The molecule has 0 bridgehead atoms. The van der Waals surface area contributed by atoms with Gasteiger partial charge >= 0.3 is 0 Å². The maximum atomic E-state index is 6.27. The molecule has 0 spiro atoms. The predicted molar refractivity (Wildman–Crippen MR) is 71.7 cm³/mol. The first-order chi connectivity index (χ1) is 9.34. The van der Waals surface area contributed by atoms with E-state index in [-0.39, 0.29) is 6.04 Å². The number of halogens is 1. The molecule has 4 nitrogen and oxygen atoms in total. The fraction of sp³-hybridized carbons (Fsp3) is 0.429. The van der Waals surface area contributed by atoms with Gasteiger partial charge in [-0.15, -0.1) is 10.2 Å². The molecule has 5 heteroatoms. The molecule has 1 aliphatic heterocycles. The maximum absolute atomic E-state index is 6.27. The van der Waals surface area contributed by atoms with Crippen LogP contribution in [0.4, 0.5) is 0 Å². The molecule has 1 fully saturated rings. The van der Waals surface area contributed by atoms with Crippen molar-refractivity contribution in [3.63, 3.8) is 0 Å². The molecule has 1 aromatic carbocycles. The fourth-order valence-corrected chi connectivity index (χ4v) is 3.03. The first-order valence-electron chi connectivity index (χ1n) is 6.66. The summed E-state index contributed by atoms with van der Waals surface area (Å²) < 4.78 is 7.81. The number of para-hydroxylation sites is 1. The minimum Gasteiger partial charge on any atom is -0.493 e. The number of aromatic nitrogens is 3. The van der Waals surface area contributed by atoms with Crippen molar-refractivity contribution in [3.8, 4) is 5.75 Å². The van der Waals surface area contributed by atoms with Gasteiger partial charge in [0.1, 0.15) is 11.6 Å². The number of rotatable bonds is 2. The predicted octanol–water partition coefficient (Wildman–Crippen LogP) is 3.18. The van der Waals surface area contributed by atoms with Gasteiger partial charge in [-0.3, -0.25) is 4.57 Å².